The van der Waals surface area contributed by atoms with E-state index in [9.17, 15) is 18.3 Å². The Morgan fingerprint density at radius 1 is 1.41 bits per heavy atom. The number of carbonyl (C=O) groups is 1. The molecule has 0 bridgehead atoms. The molecule has 0 heterocycles. The average molecular weight is 332 g/mol. The Kier molecular flexibility index (Phi) is 6.35. The van der Waals surface area contributed by atoms with Gasteiger partial charge in [0.15, 0.2) is 0 Å². The summed E-state index contributed by atoms with van der Waals surface area (Å²) in [6.07, 6.45) is -0.115. The Bertz CT molecular complexity index is 532. The Morgan fingerprint density at radius 2 is 2.05 bits per heavy atom. The second kappa shape index (κ2) is 7.40. The summed E-state index contributed by atoms with van der Waals surface area (Å²) in [4.78, 5) is 12.0. The summed E-state index contributed by atoms with van der Waals surface area (Å²) >= 11 is 0. The zero-order chi connectivity index (χ0) is 17.0. The summed E-state index contributed by atoms with van der Waals surface area (Å²) in [5.41, 5.74) is -0.614. The van der Waals surface area contributed by atoms with E-state index in [0.717, 1.165) is 0 Å². The van der Waals surface area contributed by atoms with Crippen molar-refractivity contribution in [2.75, 3.05) is 5.75 Å². The highest BCUT2D eigenvalue weighted by atomic mass is 32.2. The van der Waals surface area contributed by atoms with Crippen LogP contribution in [0.4, 0.5) is 0 Å². The van der Waals surface area contributed by atoms with Crippen molar-refractivity contribution in [3.63, 3.8) is 0 Å². The quantitative estimate of drug-likeness (QED) is 0.546. The van der Waals surface area contributed by atoms with Crippen LogP contribution in [0.15, 0.2) is 0 Å². The maximum Gasteiger partial charge on any atom is 0.309 e. The monoisotopic (exact) mass is 332 g/mol. The van der Waals surface area contributed by atoms with Crippen LogP contribution in [0.2, 0.25) is 0 Å². The third kappa shape index (κ3) is 6.30. The van der Waals surface area contributed by atoms with Crippen molar-refractivity contribution >= 4 is 16.0 Å². The molecule has 7 nitrogen and oxygen atoms in total. The van der Waals surface area contributed by atoms with Gasteiger partial charge in [-0.25, -0.2) is 13.1 Å². The highest BCUT2D eigenvalue weighted by Gasteiger charge is 2.40. The normalized spacial score (nSPS) is 25.7. The van der Waals surface area contributed by atoms with E-state index >= 15 is 0 Å². The van der Waals surface area contributed by atoms with Gasteiger partial charge >= 0.3 is 5.97 Å². The molecule has 1 aliphatic carbocycles. The van der Waals surface area contributed by atoms with Crippen LogP contribution in [-0.2, 0) is 19.6 Å². The summed E-state index contributed by atoms with van der Waals surface area (Å²) in [5.74, 6) is -1.10. The number of esters is 1. The van der Waals surface area contributed by atoms with Crippen LogP contribution in [0.25, 0.3) is 0 Å². The molecule has 1 aliphatic rings. The standard InChI is InChI=1S/C14H24N2O5S/c1-14(2,3)21-13(18)10-8-11(12(17)9-10)16-22(19,20)7-5-4-6-15/h10-12,16-17H,4-5,7-9H2,1-3H3/t10-,11-,12+/m0/s1. The lowest BCUT2D eigenvalue weighted by Crippen LogP contribution is -2.41. The van der Waals surface area contributed by atoms with Crippen molar-refractivity contribution < 1.29 is 23.1 Å². The van der Waals surface area contributed by atoms with Crippen LogP contribution in [0.3, 0.4) is 0 Å². The lowest BCUT2D eigenvalue weighted by Gasteiger charge is -2.22. The Balaban J connectivity index is 2.57. The molecule has 22 heavy (non-hydrogen) atoms. The molecular formula is C14H24N2O5S. The van der Waals surface area contributed by atoms with Crippen molar-refractivity contribution in [3.8, 4) is 6.07 Å². The molecule has 0 aliphatic heterocycles. The highest BCUT2D eigenvalue weighted by molar-refractivity contribution is 7.89. The number of aliphatic hydroxyl groups is 1. The van der Waals surface area contributed by atoms with Crippen LogP contribution in [0.1, 0.15) is 46.5 Å². The summed E-state index contributed by atoms with van der Waals surface area (Å²) in [6.45, 7) is 5.27. The van der Waals surface area contributed by atoms with Gasteiger partial charge in [0, 0.05) is 12.5 Å². The van der Waals surface area contributed by atoms with Gasteiger partial charge in [-0.05, 0) is 40.0 Å². The van der Waals surface area contributed by atoms with Crippen molar-refractivity contribution in [1.29, 1.82) is 5.26 Å². The Labute approximate surface area is 131 Å². The van der Waals surface area contributed by atoms with Gasteiger partial charge in [0.1, 0.15) is 5.60 Å². The number of sulfonamides is 1. The van der Waals surface area contributed by atoms with E-state index in [1.807, 2.05) is 6.07 Å². The molecule has 0 amide bonds. The zero-order valence-electron chi connectivity index (χ0n) is 13.2. The van der Waals surface area contributed by atoms with Gasteiger partial charge in [-0.2, -0.15) is 5.26 Å². The lowest BCUT2D eigenvalue weighted by atomic mass is 10.1. The minimum Gasteiger partial charge on any atom is -0.460 e. The molecule has 1 saturated carbocycles. The first kappa shape index (κ1) is 18.9. The number of rotatable bonds is 6. The van der Waals surface area contributed by atoms with Crippen LogP contribution >= 0.6 is 0 Å². The maximum absolute atomic E-state index is 12.0. The molecule has 0 radical (unpaired) electrons. The molecule has 126 valence electrons. The van der Waals surface area contributed by atoms with Gasteiger partial charge in [-0.15, -0.1) is 0 Å². The third-order valence-electron chi connectivity index (χ3n) is 3.30. The van der Waals surface area contributed by atoms with E-state index in [1.165, 1.54) is 0 Å². The van der Waals surface area contributed by atoms with Crippen LogP contribution in [-0.4, -0.2) is 43.0 Å². The Morgan fingerprint density at radius 3 is 2.59 bits per heavy atom. The molecule has 2 N–H and O–H groups in total. The zero-order valence-corrected chi connectivity index (χ0v) is 14.0. The summed E-state index contributed by atoms with van der Waals surface area (Å²) in [7, 11) is -3.57. The number of nitrogens with one attached hydrogen (secondary N) is 1. The van der Waals surface area contributed by atoms with Gasteiger partial charge < -0.3 is 9.84 Å². The second-order valence-corrected chi connectivity index (χ2v) is 8.45. The van der Waals surface area contributed by atoms with Crippen LogP contribution < -0.4 is 4.72 Å². The van der Waals surface area contributed by atoms with Crippen molar-refractivity contribution in [3.05, 3.63) is 0 Å². The summed E-state index contributed by atoms with van der Waals surface area (Å²) in [6, 6.07) is 1.19. The predicted octanol–water partition coefficient (Wildman–Crippen LogP) is 0.691. The molecule has 3 atom stereocenters. The summed E-state index contributed by atoms with van der Waals surface area (Å²) in [5, 5.41) is 18.4. The topological polar surface area (TPSA) is 116 Å². The van der Waals surface area contributed by atoms with Gasteiger partial charge in [0.05, 0.1) is 23.8 Å². The molecular weight excluding hydrogens is 308 g/mol. The molecule has 0 aromatic rings. The Hall–Kier alpha value is -1.17. The SMILES string of the molecule is CC(C)(C)OC(=O)[C@@H]1C[C@@H](O)[C@@H](NS(=O)(=O)CCCC#N)C1. The minimum atomic E-state index is -3.57. The number of nitrogens with zero attached hydrogens (tertiary/aromatic N) is 1. The number of hydrogen-bond acceptors (Lipinski definition) is 6. The molecule has 0 spiro atoms. The second-order valence-electron chi connectivity index (χ2n) is 6.57. The number of carbonyl (C=O) groups excluding carboxylic acids is 1. The van der Waals surface area contributed by atoms with Gasteiger partial charge in [0.25, 0.3) is 0 Å². The van der Waals surface area contributed by atoms with E-state index in [2.05, 4.69) is 4.72 Å². The molecule has 1 fully saturated rings. The summed E-state index contributed by atoms with van der Waals surface area (Å²) < 4.78 is 31.4. The molecule has 1 rings (SSSR count). The molecule has 0 aromatic heterocycles. The minimum absolute atomic E-state index is 0.161. The van der Waals surface area contributed by atoms with Crippen molar-refractivity contribution in [2.24, 2.45) is 5.92 Å². The molecule has 0 unspecified atom stereocenters. The number of nitriles is 1. The lowest BCUT2D eigenvalue weighted by molar-refractivity contribution is -0.160. The molecule has 0 aromatic carbocycles. The number of aliphatic hydroxyl groups excluding tert-OH is 1. The fraction of sp³-hybridized carbons (Fsp3) is 0.857. The number of ether oxygens (including phenoxy) is 1. The van der Waals surface area contributed by atoms with Gasteiger partial charge in [-0.1, -0.05) is 0 Å². The van der Waals surface area contributed by atoms with Crippen molar-refractivity contribution in [1.82, 2.24) is 4.72 Å². The predicted molar refractivity (Wildman–Crippen MR) is 80.1 cm³/mol. The molecule has 0 saturated heterocycles. The number of hydrogen-bond donors (Lipinski definition) is 2. The smallest absolute Gasteiger partial charge is 0.309 e. The fourth-order valence-electron chi connectivity index (χ4n) is 2.35. The first-order chi connectivity index (χ1) is 10.0. The third-order valence-corrected chi connectivity index (χ3v) is 4.79. The first-order valence-electron chi connectivity index (χ1n) is 7.32. The highest BCUT2D eigenvalue weighted by Crippen LogP contribution is 2.29. The number of unbranched alkanes of at least 4 members (excludes halogenated alkanes) is 1. The van der Waals surface area contributed by atoms with Crippen LogP contribution in [0, 0.1) is 17.2 Å². The van der Waals surface area contributed by atoms with E-state index in [1.54, 1.807) is 20.8 Å². The maximum atomic E-state index is 12.0. The van der Waals surface area contributed by atoms with Crippen molar-refractivity contribution in [2.45, 2.75) is 64.2 Å². The fourth-order valence-corrected chi connectivity index (χ4v) is 3.71. The largest absolute Gasteiger partial charge is 0.460 e. The average Bonchev–Trinajstić information content (AvgIpc) is 2.68. The van der Waals surface area contributed by atoms with E-state index in [0.29, 0.717) is 0 Å². The van der Waals surface area contributed by atoms with Gasteiger partial charge in [-0.3, -0.25) is 4.79 Å². The van der Waals surface area contributed by atoms with Gasteiger partial charge in [0.2, 0.25) is 10.0 Å². The molecule has 8 heteroatoms. The first-order valence-corrected chi connectivity index (χ1v) is 8.97. The van der Waals surface area contributed by atoms with Crippen LogP contribution in [0.5, 0.6) is 0 Å². The van der Waals surface area contributed by atoms with E-state index < -0.39 is 39.7 Å². The van der Waals surface area contributed by atoms with E-state index in [4.69, 9.17) is 10.00 Å². The van der Waals surface area contributed by atoms with E-state index in [-0.39, 0.29) is 31.4 Å².